The van der Waals surface area contributed by atoms with Crippen molar-refractivity contribution in [3.05, 3.63) is 46.0 Å². The molecule has 0 spiro atoms. The van der Waals surface area contributed by atoms with Crippen molar-refractivity contribution < 1.29 is 4.79 Å². The molecule has 1 amide bonds. The number of allylic oxidation sites excluding steroid dienone is 4. The Labute approximate surface area is 134 Å². The molecule has 1 aromatic rings. The van der Waals surface area contributed by atoms with Gasteiger partial charge in [-0.1, -0.05) is 38.5 Å². The lowest BCUT2D eigenvalue weighted by Crippen LogP contribution is -2.28. The first-order chi connectivity index (χ1) is 10.1. The molecule has 0 heterocycles. The van der Waals surface area contributed by atoms with Gasteiger partial charge in [-0.15, -0.1) is 0 Å². The number of carbonyl (C=O) groups excluding carboxylic acids is 1. The average molecular weight is 297 g/mol. The second kappa shape index (κ2) is 5.75. The van der Waals surface area contributed by atoms with Crippen LogP contribution in [0.1, 0.15) is 57.7 Å². The molecule has 22 heavy (non-hydrogen) atoms. The van der Waals surface area contributed by atoms with E-state index in [9.17, 15) is 4.79 Å². The fourth-order valence-corrected chi connectivity index (χ4v) is 2.97. The number of hydrogen-bond acceptors (Lipinski definition) is 1. The summed E-state index contributed by atoms with van der Waals surface area (Å²) in [6.45, 7) is 14.3. The van der Waals surface area contributed by atoms with E-state index in [1.807, 2.05) is 20.8 Å². The standard InChI is InChI=1S/C20H27NO/c1-12-10-15(4)18(17-13(2)8-9-14(17)3)16(11-12)21-19(22)20(5,6)7/h8,10-11H,9H2,1-7H3,(H,21,22). The van der Waals surface area contributed by atoms with Gasteiger partial charge in [0.05, 0.1) is 0 Å². The van der Waals surface area contributed by atoms with Gasteiger partial charge < -0.3 is 5.32 Å². The SMILES string of the molecule is CC1=CCC(C)=C1c1c(C)cc(C)cc1NC(=O)C(C)(C)C. The maximum Gasteiger partial charge on any atom is 0.229 e. The molecule has 0 bridgehead atoms. The Morgan fingerprint density at radius 2 is 1.73 bits per heavy atom. The minimum absolute atomic E-state index is 0.0524. The second-order valence-corrected chi connectivity index (χ2v) is 7.46. The van der Waals surface area contributed by atoms with Crippen molar-refractivity contribution in [1.29, 1.82) is 0 Å². The third-order valence-corrected chi connectivity index (χ3v) is 4.19. The normalized spacial score (nSPS) is 15.1. The summed E-state index contributed by atoms with van der Waals surface area (Å²) in [4.78, 5) is 12.4. The first-order valence-corrected chi connectivity index (χ1v) is 7.91. The number of aryl methyl sites for hydroxylation is 2. The zero-order valence-electron chi connectivity index (χ0n) is 14.8. The van der Waals surface area contributed by atoms with Crippen LogP contribution in [0, 0.1) is 19.3 Å². The Morgan fingerprint density at radius 1 is 1.09 bits per heavy atom. The maximum absolute atomic E-state index is 12.4. The van der Waals surface area contributed by atoms with E-state index >= 15 is 0 Å². The van der Waals surface area contributed by atoms with Crippen molar-refractivity contribution in [2.45, 2.75) is 54.9 Å². The van der Waals surface area contributed by atoms with Crippen molar-refractivity contribution in [3.8, 4) is 0 Å². The summed E-state index contributed by atoms with van der Waals surface area (Å²) in [5.41, 5.74) is 8.05. The highest BCUT2D eigenvalue weighted by Crippen LogP contribution is 2.40. The molecule has 118 valence electrons. The van der Waals surface area contributed by atoms with Gasteiger partial charge >= 0.3 is 0 Å². The molecule has 2 heteroatoms. The Balaban J connectivity index is 2.57. The molecule has 2 rings (SSSR count). The predicted octanol–water partition coefficient (Wildman–Crippen LogP) is 5.41. The Hall–Kier alpha value is -1.83. The second-order valence-electron chi connectivity index (χ2n) is 7.46. The highest BCUT2D eigenvalue weighted by Gasteiger charge is 2.24. The third-order valence-electron chi connectivity index (χ3n) is 4.19. The molecule has 1 aliphatic rings. The van der Waals surface area contributed by atoms with Crippen LogP contribution in [-0.2, 0) is 4.79 Å². The van der Waals surface area contributed by atoms with Gasteiger partial charge in [-0.25, -0.2) is 0 Å². The molecule has 0 radical (unpaired) electrons. The fraction of sp³-hybridized carbons (Fsp3) is 0.450. The van der Waals surface area contributed by atoms with Gasteiger partial charge in [0.1, 0.15) is 0 Å². The first-order valence-electron chi connectivity index (χ1n) is 7.91. The monoisotopic (exact) mass is 297 g/mol. The quantitative estimate of drug-likeness (QED) is 0.776. The number of amides is 1. The van der Waals surface area contributed by atoms with E-state index in [-0.39, 0.29) is 5.91 Å². The summed E-state index contributed by atoms with van der Waals surface area (Å²) in [5, 5.41) is 3.15. The lowest BCUT2D eigenvalue weighted by Gasteiger charge is -2.22. The van der Waals surface area contributed by atoms with E-state index in [1.165, 1.54) is 33.4 Å². The van der Waals surface area contributed by atoms with Gasteiger partial charge in [0.25, 0.3) is 0 Å². The zero-order valence-corrected chi connectivity index (χ0v) is 14.8. The summed E-state index contributed by atoms with van der Waals surface area (Å²) in [5.74, 6) is 0.0524. The van der Waals surface area contributed by atoms with Crippen LogP contribution in [-0.4, -0.2) is 5.91 Å². The summed E-state index contributed by atoms with van der Waals surface area (Å²) < 4.78 is 0. The molecule has 2 nitrogen and oxygen atoms in total. The summed E-state index contributed by atoms with van der Waals surface area (Å²) in [6, 6.07) is 4.27. The van der Waals surface area contributed by atoms with Crippen molar-refractivity contribution >= 4 is 17.2 Å². The summed E-state index contributed by atoms with van der Waals surface area (Å²) in [6.07, 6.45) is 3.26. The minimum Gasteiger partial charge on any atom is -0.325 e. The van der Waals surface area contributed by atoms with Crippen LogP contribution in [0.25, 0.3) is 5.57 Å². The molecular weight excluding hydrogens is 270 g/mol. The lowest BCUT2D eigenvalue weighted by atomic mass is 9.90. The Bertz CT molecular complexity index is 684. The van der Waals surface area contributed by atoms with Crippen LogP contribution >= 0.6 is 0 Å². The van der Waals surface area contributed by atoms with Gasteiger partial charge in [0.15, 0.2) is 0 Å². The number of anilines is 1. The molecule has 0 saturated heterocycles. The van der Waals surface area contributed by atoms with Gasteiger partial charge in [-0.05, 0) is 62.5 Å². The van der Waals surface area contributed by atoms with E-state index in [0.717, 1.165) is 12.1 Å². The van der Waals surface area contributed by atoms with Crippen LogP contribution in [0.15, 0.2) is 29.4 Å². The molecule has 0 atom stereocenters. The summed E-state index contributed by atoms with van der Waals surface area (Å²) >= 11 is 0. The van der Waals surface area contributed by atoms with E-state index in [0.29, 0.717) is 0 Å². The van der Waals surface area contributed by atoms with E-state index < -0.39 is 5.41 Å². The summed E-state index contributed by atoms with van der Waals surface area (Å²) in [7, 11) is 0. The Kier molecular flexibility index (Phi) is 4.32. The molecule has 1 aliphatic carbocycles. The number of nitrogens with one attached hydrogen (secondary N) is 1. The number of hydrogen-bond donors (Lipinski definition) is 1. The average Bonchev–Trinajstić information content (AvgIpc) is 2.68. The largest absolute Gasteiger partial charge is 0.325 e. The van der Waals surface area contributed by atoms with Crippen molar-refractivity contribution in [3.63, 3.8) is 0 Å². The molecule has 0 saturated carbocycles. The van der Waals surface area contributed by atoms with Gasteiger partial charge in [0, 0.05) is 16.7 Å². The first kappa shape index (κ1) is 16.5. The molecular formula is C20H27NO. The topological polar surface area (TPSA) is 29.1 Å². The Morgan fingerprint density at radius 3 is 2.23 bits per heavy atom. The highest BCUT2D eigenvalue weighted by atomic mass is 16.2. The number of carbonyl (C=O) groups is 1. The van der Waals surface area contributed by atoms with Crippen LogP contribution in [0.3, 0.4) is 0 Å². The zero-order chi connectivity index (χ0) is 16.7. The predicted molar refractivity (Wildman–Crippen MR) is 95.0 cm³/mol. The van der Waals surface area contributed by atoms with E-state index in [2.05, 4.69) is 51.2 Å². The van der Waals surface area contributed by atoms with Crippen molar-refractivity contribution in [1.82, 2.24) is 0 Å². The lowest BCUT2D eigenvalue weighted by molar-refractivity contribution is -0.123. The molecule has 0 fully saturated rings. The van der Waals surface area contributed by atoms with Crippen LogP contribution in [0.4, 0.5) is 5.69 Å². The molecule has 0 aliphatic heterocycles. The third kappa shape index (κ3) is 3.16. The molecule has 1 N–H and O–H groups in total. The van der Waals surface area contributed by atoms with Gasteiger partial charge in [0.2, 0.25) is 5.91 Å². The molecule has 0 unspecified atom stereocenters. The fourth-order valence-electron chi connectivity index (χ4n) is 2.97. The number of rotatable bonds is 2. The van der Waals surface area contributed by atoms with Crippen molar-refractivity contribution in [2.75, 3.05) is 5.32 Å². The van der Waals surface area contributed by atoms with Gasteiger partial charge in [-0.2, -0.15) is 0 Å². The molecule has 1 aromatic carbocycles. The smallest absolute Gasteiger partial charge is 0.229 e. The van der Waals surface area contributed by atoms with Crippen LogP contribution < -0.4 is 5.32 Å². The molecule has 0 aromatic heterocycles. The van der Waals surface area contributed by atoms with Gasteiger partial charge in [-0.3, -0.25) is 4.79 Å². The van der Waals surface area contributed by atoms with Crippen LogP contribution in [0.2, 0.25) is 0 Å². The maximum atomic E-state index is 12.4. The van der Waals surface area contributed by atoms with Crippen LogP contribution in [0.5, 0.6) is 0 Å². The highest BCUT2D eigenvalue weighted by molar-refractivity contribution is 6.00. The van der Waals surface area contributed by atoms with Crippen molar-refractivity contribution in [2.24, 2.45) is 5.41 Å². The van der Waals surface area contributed by atoms with E-state index in [4.69, 9.17) is 0 Å². The van der Waals surface area contributed by atoms with E-state index in [1.54, 1.807) is 0 Å². The minimum atomic E-state index is -0.404. The number of benzene rings is 1.